The van der Waals surface area contributed by atoms with Gasteiger partial charge in [0, 0.05) is 27.7 Å². The number of carbonyl (C=O) groups is 1. The second-order valence-electron chi connectivity index (χ2n) is 4.03. The first-order chi connectivity index (χ1) is 8.47. The second-order valence-corrected chi connectivity index (χ2v) is 4.83. The van der Waals surface area contributed by atoms with Gasteiger partial charge in [-0.05, 0) is 22.9 Å². The van der Waals surface area contributed by atoms with Crippen molar-refractivity contribution in [3.05, 3.63) is 10.8 Å². The summed E-state index contributed by atoms with van der Waals surface area (Å²) < 4.78 is 0.765. The third-order valence-corrected chi connectivity index (χ3v) is 3.08. The molecule has 0 aromatic carbocycles. The predicted octanol–water partition coefficient (Wildman–Crippen LogP) is 1.20. The Balaban J connectivity index is 2.88. The van der Waals surface area contributed by atoms with Crippen LogP contribution >= 0.6 is 15.9 Å². The van der Waals surface area contributed by atoms with Crippen LogP contribution in [0.5, 0.6) is 0 Å². The van der Waals surface area contributed by atoms with Gasteiger partial charge in [-0.2, -0.15) is 0 Å². The van der Waals surface area contributed by atoms with Gasteiger partial charge in [-0.15, -0.1) is 0 Å². The summed E-state index contributed by atoms with van der Waals surface area (Å²) in [5.41, 5.74) is 0. The van der Waals surface area contributed by atoms with Crippen molar-refractivity contribution in [2.75, 3.05) is 44.4 Å². The first-order valence-corrected chi connectivity index (χ1v) is 6.42. The maximum absolute atomic E-state index is 11.7. The Kier molecular flexibility index (Phi) is 5.33. The van der Waals surface area contributed by atoms with Gasteiger partial charge in [0.25, 0.3) is 0 Å². The normalized spacial score (nSPS) is 10.1. The summed E-state index contributed by atoms with van der Waals surface area (Å²) in [6.07, 6.45) is 1.48. The molecule has 1 heterocycles. The summed E-state index contributed by atoms with van der Waals surface area (Å²) in [5.74, 6) is 1.44. The smallest absolute Gasteiger partial charge is 0.241 e. The van der Waals surface area contributed by atoms with E-state index in [1.54, 1.807) is 23.9 Å². The van der Waals surface area contributed by atoms with Gasteiger partial charge in [-0.25, -0.2) is 9.97 Å². The molecule has 1 N–H and O–H groups in total. The number of rotatable bonds is 5. The molecular weight excluding hydrogens is 298 g/mol. The number of aromatic nitrogens is 2. The molecule has 0 saturated heterocycles. The molecule has 1 aromatic rings. The van der Waals surface area contributed by atoms with Gasteiger partial charge >= 0.3 is 0 Å². The summed E-state index contributed by atoms with van der Waals surface area (Å²) in [5, 5.41) is 3.13. The van der Waals surface area contributed by atoms with E-state index in [-0.39, 0.29) is 12.5 Å². The first kappa shape index (κ1) is 14.7. The Morgan fingerprint density at radius 3 is 2.61 bits per heavy atom. The lowest BCUT2D eigenvalue weighted by Gasteiger charge is -2.21. The topological polar surface area (TPSA) is 61.4 Å². The Morgan fingerprint density at radius 1 is 1.39 bits per heavy atom. The van der Waals surface area contributed by atoms with E-state index in [1.165, 1.54) is 6.33 Å². The molecule has 7 heteroatoms. The minimum atomic E-state index is 0.0213. The van der Waals surface area contributed by atoms with Crippen molar-refractivity contribution in [1.29, 1.82) is 0 Å². The maximum atomic E-state index is 11.7. The fourth-order valence-corrected chi connectivity index (χ4v) is 1.98. The molecule has 0 atom stereocenters. The van der Waals surface area contributed by atoms with Crippen LogP contribution in [0.3, 0.4) is 0 Å². The lowest BCUT2D eigenvalue weighted by atomic mass is 10.4. The van der Waals surface area contributed by atoms with Crippen LogP contribution < -0.4 is 10.2 Å². The predicted molar refractivity (Wildman–Crippen MR) is 75.9 cm³/mol. The van der Waals surface area contributed by atoms with E-state index in [9.17, 15) is 4.79 Å². The van der Waals surface area contributed by atoms with E-state index in [4.69, 9.17) is 0 Å². The molecule has 0 saturated carbocycles. The highest BCUT2D eigenvalue weighted by Crippen LogP contribution is 2.28. The molecule has 18 heavy (non-hydrogen) atoms. The molecule has 0 radical (unpaired) electrons. The second kappa shape index (κ2) is 6.53. The number of hydrogen-bond acceptors (Lipinski definition) is 5. The molecule has 0 unspecified atom stereocenters. The number of carbonyl (C=O) groups excluding carboxylic acids is 1. The van der Waals surface area contributed by atoms with Gasteiger partial charge in [0.05, 0.1) is 6.54 Å². The molecule has 6 nitrogen and oxygen atoms in total. The fourth-order valence-electron chi connectivity index (χ4n) is 1.34. The van der Waals surface area contributed by atoms with Crippen molar-refractivity contribution < 1.29 is 4.79 Å². The third-order valence-electron chi connectivity index (χ3n) is 2.35. The summed E-state index contributed by atoms with van der Waals surface area (Å²) in [6.45, 7) is 3.04. The van der Waals surface area contributed by atoms with Gasteiger partial charge < -0.3 is 15.1 Å². The monoisotopic (exact) mass is 315 g/mol. The maximum Gasteiger partial charge on any atom is 0.241 e. The molecule has 0 bridgehead atoms. The lowest BCUT2D eigenvalue weighted by molar-refractivity contribution is -0.127. The zero-order valence-electron chi connectivity index (χ0n) is 11.1. The van der Waals surface area contributed by atoms with Crippen molar-refractivity contribution in [1.82, 2.24) is 14.9 Å². The molecule has 1 rings (SSSR count). The zero-order valence-corrected chi connectivity index (χ0v) is 12.7. The van der Waals surface area contributed by atoms with Crippen molar-refractivity contribution in [2.24, 2.45) is 0 Å². The summed E-state index contributed by atoms with van der Waals surface area (Å²) in [7, 11) is 5.29. The van der Waals surface area contributed by atoms with Crippen molar-refractivity contribution >= 4 is 33.5 Å². The molecule has 0 aliphatic carbocycles. The fraction of sp³-hybridized carbons (Fsp3) is 0.545. The Morgan fingerprint density at radius 2 is 2.06 bits per heavy atom. The van der Waals surface area contributed by atoms with Crippen LogP contribution in [0.15, 0.2) is 10.8 Å². The number of hydrogen-bond donors (Lipinski definition) is 1. The first-order valence-electron chi connectivity index (χ1n) is 5.63. The lowest BCUT2D eigenvalue weighted by Crippen LogP contribution is -2.35. The van der Waals surface area contributed by atoms with Gasteiger partial charge in [0.2, 0.25) is 5.91 Å². The van der Waals surface area contributed by atoms with Crippen LogP contribution in [0.2, 0.25) is 0 Å². The SMILES string of the molecule is CCNc1ncnc(N(C)CC(=O)N(C)C)c1Br. The van der Waals surface area contributed by atoms with Gasteiger partial charge in [-0.1, -0.05) is 0 Å². The van der Waals surface area contributed by atoms with Crippen LogP contribution in [0.1, 0.15) is 6.92 Å². The quantitative estimate of drug-likeness (QED) is 0.884. The van der Waals surface area contributed by atoms with E-state index in [1.807, 2.05) is 14.0 Å². The number of nitrogens with one attached hydrogen (secondary N) is 1. The molecule has 0 spiro atoms. The number of amides is 1. The van der Waals surface area contributed by atoms with Crippen LogP contribution in [-0.2, 0) is 4.79 Å². The van der Waals surface area contributed by atoms with Gasteiger partial charge in [0.15, 0.2) is 0 Å². The zero-order chi connectivity index (χ0) is 13.7. The highest BCUT2D eigenvalue weighted by Gasteiger charge is 2.15. The van der Waals surface area contributed by atoms with E-state index in [0.29, 0.717) is 5.82 Å². The largest absolute Gasteiger partial charge is 0.369 e. The molecule has 1 amide bonds. The average molecular weight is 316 g/mol. The summed E-state index contributed by atoms with van der Waals surface area (Å²) in [4.78, 5) is 23.3. The number of anilines is 2. The molecule has 1 aromatic heterocycles. The molecule has 0 fully saturated rings. The Labute approximate surface area is 116 Å². The molecule has 100 valence electrons. The average Bonchev–Trinajstić information content (AvgIpc) is 2.31. The molecule has 0 aliphatic heterocycles. The number of halogens is 1. The minimum absolute atomic E-state index is 0.0213. The van der Waals surface area contributed by atoms with Crippen LogP contribution in [0, 0.1) is 0 Å². The molecule has 0 aliphatic rings. The van der Waals surface area contributed by atoms with E-state index in [0.717, 1.165) is 16.8 Å². The van der Waals surface area contributed by atoms with Gasteiger partial charge in [-0.3, -0.25) is 4.79 Å². The van der Waals surface area contributed by atoms with Crippen LogP contribution in [0.4, 0.5) is 11.6 Å². The van der Waals surface area contributed by atoms with Crippen molar-refractivity contribution in [3.63, 3.8) is 0 Å². The standard InChI is InChI=1S/C11H18BrN5O/c1-5-13-10-9(12)11(15-7-14-10)17(4)6-8(18)16(2)3/h7H,5-6H2,1-4H3,(H,13,14,15). The number of nitrogens with zero attached hydrogens (tertiary/aromatic N) is 4. The van der Waals surface area contributed by atoms with E-state index >= 15 is 0 Å². The summed E-state index contributed by atoms with van der Waals surface area (Å²) >= 11 is 3.46. The van der Waals surface area contributed by atoms with E-state index < -0.39 is 0 Å². The van der Waals surface area contributed by atoms with E-state index in [2.05, 4.69) is 31.2 Å². The van der Waals surface area contributed by atoms with Gasteiger partial charge in [0.1, 0.15) is 22.4 Å². The minimum Gasteiger partial charge on any atom is -0.369 e. The Bertz CT molecular complexity index is 424. The van der Waals surface area contributed by atoms with Crippen molar-refractivity contribution in [2.45, 2.75) is 6.92 Å². The number of likely N-dealkylation sites (N-methyl/N-ethyl adjacent to an activating group) is 2. The highest BCUT2D eigenvalue weighted by molar-refractivity contribution is 9.10. The van der Waals surface area contributed by atoms with Crippen molar-refractivity contribution in [3.8, 4) is 0 Å². The highest BCUT2D eigenvalue weighted by atomic mass is 79.9. The van der Waals surface area contributed by atoms with Crippen LogP contribution in [-0.4, -0.2) is 55.0 Å². The third kappa shape index (κ3) is 3.56. The van der Waals surface area contributed by atoms with Crippen LogP contribution in [0.25, 0.3) is 0 Å². The Hall–Kier alpha value is -1.37. The summed E-state index contributed by atoms with van der Waals surface area (Å²) in [6, 6.07) is 0. The molecular formula is C11H18BrN5O.